The fourth-order valence-electron chi connectivity index (χ4n) is 3.92. The topological polar surface area (TPSA) is 90.1 Å². The summed E-state index contributed by atoms with van der Waals surface area (Å²) in [5.41, 5.74) is 4.27. The van der Waals surface area contributed by atoms with Gasteiger partial charge in [-0.1, -0.05) is 47.7 Å². The van der Waals surface area contributed by atoms with Crippen LogP contribution in [0.3, 0.4) is 0 Å². The summed E-state index contributed by atoms with van der Waals surface area (Å²) in [4.78, 5) is 13.1. The Morgan fingerprint density at radius 3 is 2.35 bits per heavy atom. The van der Waals surface area contributed by atoms with Crippen molar-refractivity contribution in [1.82, 2.24) is 19.3 Å². The summed E-state index contributed by atoms with van der Waals surface area (Å²) in [5.74, 6) is 0.706. The Balaban J connectivity index is 1.53. The molecule has 0 unspecified atom stereocenters. The van der Waals surface area contributed by atoms with E-state index in [1.807, 2.05) is 61.9 Å². The van der Waals surface area contributed by atoms with Crippen molar-refractivity contribution in [2.45, 2.75) is 25.5 Å². The number of benzene rings is 2. The van der Waals surface area contributed by atoms with Crippen LogP contribution in [0.1, 0.15) is 27.4 Å². The number of aromatic nitrogens is 4. The number of sulfonamides is 1. The van der Waals surface area contributed by atoms with E-state index in [0.29, 0.717) is 16.7 Å². The molecule has 34 heavy (non-hydrogen) atoms. The number of Topliss-reactive ketones (excluding diaryl/α,β-unsaturated/α-hetero) is 1. The molecule has 2 heterocycles. The third-order valence-corrected chi connectivity index (χ3v) is 8.10. The van der Waals surface area contributed by atoms with Gasteiger partial charge >= 0.3 is 0 Å². The molecule has 0 spiro atoms. The van der Waals surface area contributed by atoms with E-state index in [0.717, 1.165) is 27.7 Å². The van der Waals surface area contributed by atoms with E-state index in [1.165, 1.54) is 22.3 Å². The summed E-state index contributed by atoms with van der Waals surface area (Å²) in [5, 5.41) is 9.91. The van der Waals surface area contributed by atoms with E-state index < -0.39 is 10.0 Å². The minimum atomic E-state index is -3.53. The summed E-state index contributed by atoms with van der Waals surface area (Å²) >= 11 is 1.29. The van der Waals surface area contributed by atoms with Gasteiger partial charge < -0.3 is 9.13 Å². The molecule has 8 nitrogen and oxygen atoms in total. The van der Waals surface area contributed by atoms with Gasteiger partial charge in [-0.05, 0) is 32.0 Å². The van der Waals surface area contributed by atoms with Gasteiger partial charge in [-0.2, -0.15) is 0 Å². The van der Waals surface area contributed by atoms with Gasteiger partial charge in [0.1, 0.15) is 0 Å². The predicted octanol–water partition coefficient (Wildman–Crippen LogP) is 3.86. The Kier molecular flexibility index (Phi) is 6.55. The van der Waals surface area contributed by atoms with Crippen molar-refractivity contribution in [3.8, 4) is 0 Å². The van der Waals surface area contributed by atoms with Crippen LogP contribution in [0.15, 0.2) is 53.7 Å². The number of anilines is 1. The van der Waals surface area contributed by atoms with E-state index in [2.05, 4.69) is 10.2 Å². The molecule has 4 aromatic rings. The minimum Gasteiger partial charge on any atom is -0.347 e. The highest BCUT2D eigenvalue weighted by molar-refractivity contribution is 7.99. The fourth-order valence-corrected chi connectivity index (χ4v) is 5.58. The number of fused-ring (bicyclic) bond motifs is 1. The number of rotatable bonds is 8. The second kappa shape index (κ2) is 9.27. The number of carbonyl (C=O) groups excluding carboxylic acids is 1. The standard InChI is InChI=1S/C24H27N5O3S2/c1-16-10-12-18(13-11-16)29(34(5,31)32)14-22-25-26-24(28(22)4)33-15-21(30)23-17(2)27(3)20-9-7-6-8-19(20)23/h6-13H,14-15H2,1-5H3. The van der Waals surface area contributed by atoms with Gasteiger partial charge in [-0.25, -0.2) is 8.42 Å². The molecule has 178 valence electrons. The van der Waals surface area contributed by atoms with Gasteiger partial charge in [0.25, 0.3) is 0 Å². The lowest BCUT2D eigenvalue weighted by Gasteiger charge is -2.22. The zero-order chi connectivity index (χ0) is 24.6. The van der Waals surface area contributed by atoms with Crippen molar-refractivity contribution in [3.05, 3.63) is 71.2 Å². The Bertz CT molecular complexity index is 1470. The van der Waals surface area contributed by atoms with Crippen LogP contribution in [-0.2, 0) is 30.7 Å². The van der Waals surface area contributed by atoms with E-state index in [9.17, 15) is 13.2 Å². The van der Waals surface area contributed by atoms with Crippen LogP contribution in [0.2, 0.25) is 0 Å². The number of hydrogen-bond acceptors (Lipinski definition) is 6. The molecule has 0 radical (unpaired) electrons. The molecule has 0 saturated carbocycles. The molecular weight excluding hydrogens is 470 g/mol. The second-order valence-electron chi connectivity index (χ2n) is 8.31. The van der Waals surface area contributed by atoms with Crippen molar-refractivity contribution >= 4 is 44.2 Å². The number of ketones is 1. The SMILES string of the molecule is Cc1ccc(N(Cc2nnc(SCC(=O)c3c(C)n(C)c4ccccc34)n2C)S(C)(=O)=O)cc1. The maximum atomic E-state index is 13.1. The van der Waals surface area contributed by atoms with Crippen LogP contribution in [0.5, 0.6) is 0 Å². The summed E-state index contributed by atoms with van der Waals surface area (Å²) in [6, 6.07) is 15.1. The highest BCUT2D eigenvalue weighted by atomic mass is 32.2. The number of aryl methyl sites for hydroxylation is 2. The van der Waals surface area contributed by atoms with Crippen molar-refractivity contribution < 1.29 is 13.2 Å². The van der Waals surface area contributed by atoms with Crippen LogP contribution >= 0.6 is 11.8 Å². The molecule has 0 aliphatic rings. The monoisotopic (exact) mass is 497 g/mol. The first-order valence-electron chi connectivity index (χ1n) is 10.7. The van der Waals surface area contributed by atoms with Crippen molar-refractivity contribution in [1.29, 1.82) is 0 Å². The van der Waals surface area contributed by atoms with Gasteiger partial charge in [-0.3, -0.25) is 9.10 Å². The van der Waals surface area contributed by atoms with E-state index in [4.69, 9.17) is 0 Å². The predicted molar refractivity (Wildman–Crippen MR) is 136 cm³/mol. The third kappa shape index (κ3) is 4.60. The first kappa shape index (κ1) is 24.0. The highest BCUT2D eigenvalue weighted by Crippen LogP contribution is 2.28. The Hall–Kier alpha value is -3.11. The molecule has 0 saturated heterocycles. The number of hydrogen-bond donors (Lipinski definition) is 0. The Morgan fingerprint density at radius 1 is 1.00 bits per heavy atom. The smallest absolute Gasteiger partial charge is 0.232 e. The number of carbonyl (C=O) groups is 1. The lowest BCUT2D eigenvalue weighted by Crippen LogP contribution is -2.30. The summed E-state index contributed by atoms with van der Waals surface area (Å²) in [6.45, 7) is 3.94. The van der Waals surface area contributed by atoms with Gasteiger partial charge in [0.15, 0.2) is 16.8 Å². The van der Waals surface area contributed by atoms with Crippen LogP contribution in [0.4, 0.5) is 5.69 Å². The molecule has 2 aromatic heterocycles. The summed E-state index contributed by atoms with van der Waals surface area (Å²) < 4.78 is 30.0. The second-order valence-corrected chi connectivity index (χ2v) is 11.2. The summed E-state index contributed by atoms with van der Waals surface area (Å²) in [7, 11) is 0.203. The lowest BCUT2D eigenvalue weighted by molar-refractivity contribution is 0.102. The quantitative estimate of drug-likeness (QED) is 0.271. The molecule has 0 fully saturated rings. The first-order valence-corrected chi connectivity index (χ1v) is 13.5. The van der Waals surface area contributed by atoms with Gasteiger partial charge in [0.2, 0.25) is 10.0 Å². The zero-order valence-electron chi connectivity index (χ0n) is 19.8. The molecule has 0 aliphatic heterocycles. The third-order valence-electron chi connectivity index (χ3n) is 5.94. The molecule has 0 aliphatic carbocycles. The van der Waals surface area contributed by atoms with E-state index in [-0.39, 0.29) is 18.1 Å². The Morgan fingerprint density at radius 2 is 1.68 bits per heavy atom. The summed E-state index contributed by atoms with van der Waals surface area (Å²) in [6.07, 6.45) is 1.17. The molecule has 0 N–H and O–H groups in total. The van der Waals surface area contributed by atoms with Crippen molar-refractivity contribution in [2.24, 2.45) is 14.1 Å². The lowest BCUT2D eigenvalue weighted by atomic mass is 10.1. The molecule has 10 heteroatoms. The molecule has 4 rings (SSSR count). The van der Waals surface area contributed by atoms with Crippen LogP contribution in [0.25, 0.3) is 10.9 Å². The van der Waals surface area contributed by atoms with Gasteiger partial charge in [-0.15, -0.1) is 10.2 Å². The van der Waals surface area contributed by atoms with Gasteiger partial charge in [0.05, 0.1) is 24.2 Å². The minimum absolute atomic E-state index is 0.0151. The zero-order valence-corrected chi connectivity index (χ0v) is 21.4. The van der Waals surface area contributed by atoms with Crippen LogP contribution in [0, 0.1) is 13.8 Å². The largest absolute Gasteiger partial charge is 0.347 e. The molecule has 0 amide bonds. The number of para-hydroxylation sites is 1. The molecule has 2 aromatic carbocycles. The first-order chi connectivity index (χ1) is 16.1. The number of thioether (sulfide) groups is 1. The molecular formula is C24H27N5O3S2. The average Bonchev–Trinajstić information content (AvgIpc) is 3.27. The highest BCUT2D eigenvalue weighted by Gasteiger charge is 2.23. The maximum Gasteiger partial charge on any atom is 0.232 e. The Labute approximate surface area is 203 Å². The van der Waals surface area contributed by atoms with Crippen molar-refractivity contribution in [3.63, 3.8) is 0 Å². The normalized spacial score (nSPS) is 11.8. The van der Waals surface area contributed by atoms with Crippen molar-refractivity contribution in [2.75, 3.05) is 16.3 Å². The van der Waals surface area contributed by atoms with E-state index in [1.54, 1.807) is 23.7 Å². The number of nitrogens with zero attached hydrogens (tertiary/aromatic N) is 5. The van der Waals surface area contributed by atoms with Crippen LogP contribution in [-0.4, -0.2) is 45.5 Å². The molecule has 0 bridgehead atoms. The average molecular weight is 498 g/mol. The van der Waals surface area contributed by atoms with Gasteiger partial charge in [0, 0.05) is 36.3 Å². The fraction of sp³-hybridized carbons (Fsp3) is 0.292. The molecule has 0 atom stereocenters. The van der Waals surface area contributed by atoms with Crippen LogP contribution < -0.4 is 4.31 Å². The maximum absolute atomic E-state index is 13.1. The van der Waals surface area contributed by atoms with E-state index >= 15 is 0 Å².